The van der Waals surface area contributed by atoms with Gasteiger partial charge in [-0.3, -0.25) is 9.88 Å². The maximum absolute atomic E-state index is 4.72. The summed E-state index contributed by atoms with van der Waals surface area (Å²) in [6.45, 7) is 7.99. The maximum atomic E-state index is 4.72. The third-order valence-corrected chi connectivity index (χ3v) is 3.71. The zero-order valence-corrected chi connectivity index (χ0v) is 13.9. The van der Waals surface area contributed by atoms with Crippen molar-refractivity contribution in [3.8, 4) is 0 Å². The van der Waals surface area contributed by atoms with Crippen LogP contribution in [0.1, 0.15) is 30.9 Å². The van der Waals surface area contributed by atoms with E-state index in [9.17, 15) is 0 Å². The fourth-order valence-electron chi connectivity index (χ4n) is 2.13. The minimum atomic E-state index is 0.664. The van der Waals surface area contributed by atoms with Crippen LogP contribution in [0.4, 0.5) is 0 Å². The van der Waals surface area contributed by atoms with Crippen LogP contribution in [0.2, 0.25) is 0 Å². The molecule has 0 aliphatic heterocycles. The lowest BCUT2D eigenvalue weighted by atomic mass is 10.2. The molecule has 0 radical (unpaired) electrons. The van der Waals surface area contributed by atoms with E-state index in [2.05, 4.69) is 59.7 Å². The van der Waals surface area contributed by atoms with Gasteiger partial charge in [0.1, 0.15) is 0 Å². The van der Waals surface area contributed by atoms with Gasteiger partial charge in [-0.1, -0.05) is 19.9 Å². The number of hydrogen-bond acceptors (Lipinski definition) is 5. The summed E-state index contributed by atoms with van der Waals surface area (Å²) >= 11 is 1.64. The van der Waals surface area contributed by atoms with Gasteiger partial charge in [-0.15, -0.1) is 11.3 Å². The van der Waals surface area contributed by atoms with E-state index >= 15 is 0 Å². The number of hydrogen-bond donors (Lipinski definition) is 1. The Morgan fingerprint density at radius 1 is 1.19 bits per heavy atom. The van der Waals surface area contributed by atoms with E-state index in [1.165, 1.54) is 0 Å². The Morgan fingerprint density at radius 2 is 1.95 bits per heavy atom. The Morgan fingerprint density at radius 3 is 2.67 bits per heavy atom. The maximum Gasteiger partial charge on any atom is 0.0795 e. The Labute approximate surface area is 131 Å². The van der Waals surface area contributed by atoms with Crippen LogP contribution < -0.4 is 5.32 Å². The molecule has 2 aromatic heterocycles. The van der Waals surface area contributed by atoms with Crippen LogP contribution >= 0.6 is 11.3 Å². The molecule has 0 amide bonds. The molecule has 1 N–H and O–H groups in total. The van der Waals surface area contributed by atoms with Gasteiger partial charge >= 0.3 is 0 Å². The molecule has 0 aromatic carbocycles. The van der Waals surface area contributed by atoms with Crippen molar-refractivity contribution in [2.75, 3.05) is 13.6 Å². The van der Waals surface area contributed by atoms with Gasteiger partial charge in [-0.05, 0) is 31.6 Å². The SMILES string of the molecule is CC(C)CNCc1cccc(CN(C)Cc2cscn2)n1. The highest BCUT2D eigenvalue weighted by Gasteiger charge is 2.05. The topological polar surface area (TPSA) is 41.0 Å². The number of nitrogens with one attached hydrogen (secondary N) is 1. The van der Waals surface area contributed by atoms with Crippen molar-refractivity contribution >= 4 is 11.3 Å². The second-order valence-corrected chi connectivity index (χ2v) is 6.52. The van der Waals surface area contributed by atoms with Gasteiger partial charge in [0, 0.05) is 25.0 Å². The van der Waals surface area contributed by atoms with Crippen LogP contribution in [0.25, 0.3) is 0 Å². The summed E-state index contributed by atoms with van der Waals surface area (Å²) in [5.74, 6) is 0.664. The molecule has 0 saturated heterocycles. The van der Waals surface area contributed by atoms with Gasteiger partial charge < -0.3 is 5.32 Å². The van der Waals surface area contributed by atoms with E-state index in [0.29, 0.717) is 5.92 Å². The second-order valence-electron chi connectivity index (χ2n) is 5.80. The van der Waals surface area contributed by atoms with E-state index in [4.69, 9.17) is 4.98 Å². The molecular weight excluding hydrogens is 280 g/mol. The summed E-state index contributed by atoms with van der Waals surface area (Å²) in [5, 5.41) is 5.53. The van der Waals surface area contributed by atoms with Crippen LogP contribution in [0.3, 0.4) is 0 Å². The first kappa shape index (κ1) is 16.1. The molecule has 5 heteroatoms. The van der Waals surface area contributed by atoms with Crippen molar-refractivity contribution in [1.29, 1.82) is 0 Å². The fraction of sp³-hybridized carbons (Fsp3) is 0.500. The van der Waals surface area contributed by atoms with Crippen LogP contribution in [-0.4, -0.2) is 28.5 Å². The summed E-state index contributed by atoms with van der Waals surface area (Å²) in [4.78, 5) is 11.3. The molecule has 2 aromatic rings. The number of thiazole rings is 1. The van der Waals surface area contributed by atoms with E-state index in [1.807, 2.05) is 5.51 Å². The second kappa shape index (κ2) is 8.22. The van der Waals surface area contributed by atoms with Gasteiger partial charge in [-0.25, -0.2) is 4.98 Å². The van der Waals surface area contributed by atoms with E-state index in [-0.39, 0.29) is 0 Å². The summed E-state index contributed by atoms with van der Waals surface area (Å²) < 4.78 is 0. The highest BCUT2D eigenvalue weighted by molar-refractivity contribution is 7.07. The fourth-order valence-corrected chi connectivity index (χ4v) is 2.68. The lowest BCUT2D eigenvalue weighted by Crippen LogP contribution is -2.21. The summed E-state index contributed by atoms with van der Waals surface area (Å²) in [6.07, 6.45) is 0. The molecule has 0 spiro atoms. The first-order valence-corrected chi connectivity index (χ1v) is 8.29. The minimum absolute atomic E-state index is 0.664. The average molecular weight is 304 g/mol. The van der Waals surface area contributed by atoms with Crippen LogP contribution in [-0.2, 0) is 19.6 Å². The van der Waals surface area contributed by atoms with E-state index < -0.39 is 0 Å². The largest absolute Gasteiger partial charge is 0.311 e. The molecule has 0 bridgehead atoms. The van der Waals surface area contributed by atoms with Crippen molar-refractivity contribution in [2.24, 2.45) is 5.92 Å². The Hall–Kier alpha value is -1.30. The highest BCUT2D eigenvalue weighted by Crippen LogP contribution is 2.08. The molecule has 0 saturated carbocycles. The van der Waals surface area contributed by atoms with E-state index in [1.54, 1.807) is 11.3 Å². The van der Waals surface area contributed by atoms with Crippen molar-refractivity contribution in [3.05, 3.63) is 46.2 Å². The molecule has 0 aliphatic carbocycles. The van der Waals surface area contributed by atoms with Gasteiger partial charge in [0.25, 0.3) is 0 Å². The number of pyridine rings is 1. The molecular formula is C16H24N4S. The lowest BCUT2D eigenvalue weighted by molar-refractivity contribution is 0.311. The average Bonchev–Trinajstić information content (AvgIpc) is 2.91. The number of nitrogens with zero attached hydrogens (tertiary/aromatic N) is 3. The molecule has 114 valence electrons. The third kappa shape index (κ3) is 5.91. The predicted octanol–water partition coefficient (Wildman–Crippen LogP) is 2.92. The lowest BCUT2D eigenvalue weighted by Gasteiger charge is -2.15. The van der Waals surface area contributed by atoms with Crippen molar-refractivity contribution in [1.82, 2.24) is 20.2 Å². The molecule has 4 nitrogen and oxygen atoms in total. The van der Waals surface area contributed by atoms with Crippen LogP contribution in [0, 0.1) is 5.92 Å². The Balaban J connectivity index is 1.85. The van der Waals surface area contributed by atoms with Crippen molar-refractivity contribution < 1.29 is 0 Å². The molecule has 0 unspecified atom stereocenters. The van der Waals surface area contributed by atoms with Crippen molar-refractivity contribution in [3.63, 3.8) is 0 Å². The standard InChI is InChI=1S/C16H24N4S/c1-13(2)7-17-8-14-5-4-6-15(19-14)9-20(3)10-16-11-21-12-18-16/h4-6,11-13,17H,7-10H2,1-3H3. The summed E-state index contributed by atoms with van der Waals surface area (Å²) in [5.41, 5.74) is 5.21. The number of aromatic nitrogens is 2. The molecule has 0 fully saturated rings. The molecule has 2 rings (SSSR count). The minimum Gasteiger partial charge on any atom is -0.311 e. The zero-order valence-electron chi connectivity index (χ0n) is 13.0. The van der Waals surface area contributed by atoms with Gasteiger partial charge in [0.2, 0.25) is 0 Å². The van der Waals surface area contributed by atoms with Crippen LogP contribution in [0.15, 0.2) is 29.1 Å². The van der Waals surface area contributed by atoms with Gasteiger partial charge in [0.15, 0.2) is 0 Å². The monoisotopic (exact) mass is 304 g/mol. The predicted molar refractivity (Wildman–Crippen MR) is 88.1 cm³/mol. The summed E-state index contributed by atoms with van der Waals surface area (Å²) in [6, 6.07) is 6.26. The van der Waals surface area contributed by atoms with Crippen molar-refractivity contribution in [2.45, 2.75) is 33.5 Å². The Bertz CT molecular complexity index is 525. The highest BCUT2D eigenvalue weighted by atomic mass is 32.1. The smallest absolute Gasteiger partial charge is 0.0795 e. The third-order valence-electron chi connectivity index (χ3n) is 3.07. The molecule has 21 heavy (non-hydrogen) atoms. The Kier molecular flexibility index (Phi) is 6.29. The first-order chi connectivity index (χ1) is 10.1. The molecule has 2 heterocycles. The molecule has 0 atom stereocenters. The zero-order chi connectivity index (χ0) is 15.1. The van der Waals surface area contributed by atoms with Crippen LogP contribution in [0.5, 0.6) is 0 Å². The van der Waals surface area contributed by atoms with Gasteiger partial charge in [0.05, 0.1) is 22.6 Å². The quantitative estimate of drug-likeness (QED) is 0.814. The van der Waals surface area contributed by atoms with Gasteiger partial charge in [-0.2, -0.15) is 0 Å². The number of rotatable bonds is 8. The summed E-state index contributed by atoms with van der Waals surface area (Å²) in [7, 11) is 2.10. The first-order valence-electron chi connectivity index (χ1n) is 7.34. The van der Waals surface area contributed by atoms with E-state index in [0.717, 1.165) is 43.3 Å². The molecule has 0 aliphatic rings. The normalized spacial score (nSPS) is 11.5.